The van der Waals surface area contributed by atoms with Crippen molar-refractivity contribution in [2.24, 2.45) is 17.3 Å². The van der Waals surface area contributed by atoms with Gasteiger partial charge in [0.25, 0.3) is 0 Å². The number of rotatable bonds is 5. The minimum absolute atomic E-state index is 0.118. The third kappa shape index (κ3) is 3.45. The second kappa shape index (κ2) is 6.67. The lowest BCUT2D eigenvalue weighted by Crippen LogP contribution is -2.14. The summed E-state index contributed by atoms with van der Waals surface area (Å²) in [4.78, 5) is 24.1. The molecule has 5 nitrogen and oxygen atoms in total. The van der Waals surface area contributed by atoms with Crippen LogP contribution in [-0.4, -0.2) is 26.2 Å². The fourth-order valence-electron chi connectivity index (χ4n) is 2.97. The Morgan fingerprint density at radius 2 is 1.79 bits per heavy atom. The van der Waals surface area contributed by atoms with Crippen LogP contribution < -0.4 is 9.47 Å². The van der Waals surface area contributed by atoms with Crippen molar-refractivity contribution in [2.75, 3.05) is 14.2 Å². The van der Waals surface area contributed by atoms with Crippen molar-refractivity contribution in [2.45, 2.75) is 27.7 Å². The molecule has 24 heavy (non-hydrogen) atoms. The highest BCUT2D eigenvalue weighted by Gasteiger charge is 2.61. The quantitative estimate of drug-likeness (QED) is 0.468. The summed E-state index contributed by atoms with van der Waals surface area (Å²) in [6.07, 6.45) is 2.11. The van der Waals surface area contributed by atoms with Gasteiger partial charge in [-0.2, -0.15) is 0 Å². The van der Waals surface area contributed by atoms with E-state index >= 15 is 0 Å². The zero-order valence-electron chi connectivity index (χ0n) is 15.0. The number of ether oxygens (including phenoxy) is 3. The smallest absolute Gasteiger partial charge is 0.337 e. The van der Waals surface area contributed by atoms with Gasteiger partial charge in [-0.05, 0) is 43.4 Å². The molecule has 0 aliphatic heterocycles. The van der Waals surface area contributed by atoms with Crippen molar-refractivity contribution in [1.82, 2.24) is 0 Å². The molecule has 2 rings (SSSR count). The maximum absolute atomic E-state index is 12.5. The third-order valence-corrected chi connectivity index (χ3v) is 4.47. The van der Waals surface area contributed by atoms with Crippen LogP contribution in [0.3, 0.4) is 0 Å². The van der Waals surface area contributed by atoms with Gasteiger partial charge in [-0.1, -0.05) is 25.5 Å². The van der Waals surface area contributed by atoms with Gasteiger partial charge in [0.1, 0.15) is 0 Å². The van der Waals surface area contributed by atoms with Crippen LogP contribution >= 0.6 is 0 Å². The highest BCUT2D eigenvalue weighted by molar-refractivity contribution is 5.90. The molecule has 0 radical (unpaired) electrons. The molecule has 1 fully saturated rings. The average Bonchev–Trinajstić information content (AvgIpc) is 3.06. The summed E-state index contributed by atoms with van der Waals surface area (Å²) in [6.45, 7) is 8.15. The molecule has 1 aliphatic carbocycles. The van der Waals surface area contributed by atoms with Gasteiger partial charge in [0.15, 0.2) is 11.5 Å². The summed E-state index contributed by atoms with van der Waals surface area (Å²) in [5.74, 6) is -0.144. The molecule has 5 heteroatoms. The molecule has 130 valence electrons. The SMILES string of the molecule is COC(=O)c1ccc(OC(=O)C2C(C=C(C)C)C2(C)C)c(OC)c1. The third-order valence-electron chi connectivity index (χ3n) is 4.47. The largest absolute Gasteiger partial charge is 0.493 e. The molecule has 1 saturated carbocycles. The maximum atomic E-state index is 12.5. The van der Waals surface area contributed by atoms with Gasteiger partial charge in [-0.25, -0.2) is 4.79 Å². The summed E-state index contributed by atoms with van der Waals surface area (Å²) in [6, 6.07) is 4.59. The normalized spacial score (nSPS) is 20.8. The molecule has 2 atom stereocenters. The van der Waals surface area contributed by atoms with Crippen molar-refractivity contribution >= 4 is 11.9 Å². The first kappa shape index (κ1) is 18.0. The van der Waals surface area contributed by atoms with Crippen LogP contribution in [0.2, 0.25) is 0 Å². The Hall–Kier alpha value is -2.30. The number of benzene rings is 1. The molecule has 1 aliphatic rings. The minimum Gasteiger partial charge on any atom is -0.493 e. The van der Waals surface area contributed by atoms with Gasteiger partial charge in [-0.15, -0.1) is 0 Å². The lowest BCUT2D eigenvalue weighted by atomic mass is 10.1. The van der Waals surface area contributed by atoms with Gasteiger partial charge < -0.3 is 14.2 Å². The minimum atomic E-state index is -0.474. The molecule has 0 saturated heterocycles. The average molecular weight is 332 g/mol. The monoisotopic (exact) mass is 332 g/mol. The van der Waals surface area contributed by atoms with Crippen LogP contribution in [0.5, 0.6) is 11.5 Å². The zero-order valence-corrected chi connectivity index (χ0v) is 15.0. The Kier molecular flexibility index (Phi) is 5.02. The van der Waals surface area contributed by atoms with Gasteiger partial charge in [0.05, 0.1) is 25.7 Å². The molecule has 0 aromatic heterocycles. The van der Waals surface area contributed by atoms with Crippen molar-refractivity contribution in [3.05, 3.63) is 35.4 Å². The first-order valence-corrected chi connectivity index (χ1v) is 7.85. The number of esters is 2. The van der Waals surface area contributed by atoms with Crippen molar-refractivity contribution < 1.29 is 23.8 Å². The van der Waals surface area contributed by atoms with E-state index in [1.54, 1.807) is 12.1 Å². The second-order valence-electron chi connectivity index (χ2n) is 6.85. The molecule has 0 N–H and O–H groups in total. The molecule has 0 bridgehead atoms. The predicted molar refractivity (Wildman–Crippen MR) is 90.2 cm³/mol. The van der Waals surface area contributed by atoms with Crippen LogP contribution in [0.15, 0.2) is 29.8 Å². The molecule has 0 spiro atoms. The van der Waals surface area contributed by atoms with E-state index in [0.717, 1.165) is 0 Å². The highest BCUT2D eigenvalue weighted by Crippen LogP contribution is 2.59. The van der Waals surface area contributed by atoms with E-state index in [0.29, 0.717) is 17.1 Å². The maximum Gasteiger partial charge on any atom is 0.337 e. The summed E-state index contributed by atoms with van der Waals surface area (Å²) < 4.78 is 15.4. The van der Waals surface area contributed by atoms with Crippen LogP contribution in [0, 0.1) is 17.3 Å². The van der Waals surface area contributed by atoms with E-state index in [1.165, 1.54) is 25.9 Å². The number of methoxy groups -OCH3 is 2. The van der Waals surface area contributed by atoms with Gasteiger partial charge in [0, 0.05) is 0 Å². The molecule has 0 heterocycles. The van der Waals surface area contributed by atoms with Crippen molar-refractivity contribution in [3.63, 3.8) is 0 Å². The molecule has 1 aromatic rings. The Balaban J connectivity index is 2.18. The summed E-state index contributed by atoms with van der Waals surface area (Å²) in [5.41, 5.74) is 1.40. The van der Waals surface area contributed by atoms with Gasteiger partial charge in [-0.3, -0.25) is 4.79 Å². The van der Waals surface area contributed by atoms with E-state index in [-0.39, 0.29) is 23.2 Å². The van der Waals surface area contributed by atoms with E-state index in [4.69, 9.17) is 9.47 Å². The zero-order chi connectivity index (χ0) is 18.1. The van der Waals surface area contributed by atoms with Crippen molar-refractivity contribution in [3.8, 4) is 11.5 Å². The van der Waals surface area contributed by atoms with Crippen LogP contribution in [0.4, 0.5) is 0 Å². The Bertz CT molecular complexity index is 683. The van der Waals surface area contributed by atoms with Crippen LogP contribution in [0.1, 0.15) is 38.1 Å². The molecular formula is C19H24O5. The standard InChI is InChI=1S/C19H24O5/c1-11(2)9-13-16(19(13,3)4)18(21)24-14-8-7-12(17(20)23-6)10-15(14)22-5/h7-10,13,16H,1-6H3. The number of hydrogen-bond acceptors (Lipinski definition) is 5. The van der Waals surface area contributed by atoms with Gasteiger partial charge >= 0.3 is 11.9 Å². The summed E-state index contributed by atoms with van der Waals surface area (Å²) in [5, 5.41) is 0. The van der Waals surface area contributed by atoms with Crippen molar-refractivity contribution in [1.29, 1.82) is 0 Å². The number of carbonyl (C=O) groups excluding carboxylic acids is 2. The van der Waals surface area contributed by atoms with E-state index in [1.807, 2.05) is 13.8 Å². The topological polar surface area (TPSA) is 61.8 Å². The molecular weight excluding hydrogens is 308 g/mol. The van der Waals surface area contributed by atoms with Gasteiger partial charge in [0.2, 0.25) is 0 Å². The lowest BCUT2D eigenvalue weighted by Gasteiger charge is -2.11. The second-order valence-corrected chi connectivity index (χ2v) is 6.85. The Morgan fingerprint density at radius 3 is 2.33 bits per heavy atom. The molecule has 2 unspecified atom stereocenters. The number of allylic oxidation sites excluding steroid dienone is 2. The van der Waals surface area contributed by atoms with Crippen LogP contribution in [-0.2, 0) is 9.53 Å². The predicted octanol–water partition coefficient (Wildman–Crippen LogP) is 3.63. The lowest BCUT2D eigenvalue weighted by molar-refractivity contribution is -0.136. The number of hydrogen-bond donors (Lipinski definition) is 0. The Morgan fingerprint density at radius 1 is 1.12 bits per heavy atom. The summed E-state index contributed by atoms with van der Waals surface area (Å²) in [7, 11) is 2.77. The van der Waals surface area contributed by atoms with E-state index < -0.39 is 5.97 Å². The fourth-order valence-corrected chi connectivity index (χ4v) is 2.97. The first-order valence-electron chi connectivity index (χ1n) is 7.85. The van der Waals surface area contributed by atoms with Crippen LogP contribution in [0.25, 0.3) is 0 Å². The number of carbonyl (C=O) groups is 2. The highest BCUT2D eigenvalue weighted by atomic mass is 16.6. The first-order chi connectivity index (χ1) is 11.2. The molecule has 1 aromatic carbocycles. The Labute approximate surface area is 142 Å². The van der Waals surface area contributed by atoms with E-state index in [2.05, 4.69) is 24.7 Å². The van der Waals surface area contributed by atoms with E-state index in [9.17, 15) is 9.59 Å². The molecule has 0 amide bonds. The fraction of sp³-hybridized carbons (Fsp3) is 0.474. The summed E-state index contributed by atoms with van der Waals surface area (Å²) >= 11 is 0.